The van der Waals surface area contributed by atoms with E-state index < -0.39 is 19.8 Å². The predicted molar refractivity (Wildman–Crippen MR) is 57.6 cm³/mol. The standard InChI is InChI=1S/C10H16O3Si/c1-14(2,3)8-6-4-5-7-9(11)10(12)13/h4-5,7H2,1-3H3,(H,12,13). The Bertz CT molecular complexity index is 278. The molecule has 1 N–H and O–H groups in total. The van der Waals surface area contributed by atoms with E-state index in [9.17, 15) is 9.59 Å². The van der Waals surface area contributed by atoms with Crippen LogP contribution in [0.15, 0.2) is 0 Å². The van der Waals surface area contributed by atoms with E-state index in [0.29, 0.717) is 12.8 Å². The molecule has 0 aromatic carbocycles. The molecule has 0 aliphatic carbocycles. The Balaban J connectivity index is 3.71. The number of aliphatic carboxylic acids is 1. The van der Waals surface area contributed by atoms with Crippen molar-refractivity contribution < 1.29 is 14.7 Å². The van der Waals surface area contributed by atoms with Crippen molar-refractivity contribution in [1.29, 1.82) is 0 Å². The molecule has 0 aromatic rings. The maximum atomic E-state index is 10.7. The number of hydrogen-bond donors (Lipinski definition) is 1. The molecule has 14 heavy (non-hydrogen) atoms. The van der Waals surface area contributed by atoms with E-state index >= 15 is 0 Å². The monoisotopic (exact) mass is 212 g/mol. The van der Waals surface area contributed by atoms with Crippen molar-refractivity contribution in [2.75, 3.05) is 0 Å². The summed E-state index contributed by atoms with van der Waals surface area (Å²) in [7, 11) is -1.32. The summed E-state index contributed by atoms with van der Waals surface area (Å²) in [5, 5.41) is 8.29. The van der Waals surface area contributed by atoms with Crippen LogP contribution in [0.1, 0.15) is 19.3 Å². The third-order valence-corrected chi connectivity index (χ3v) is 2.33. The number of Topliss-reactive ketones (excluding diaryl/α,β-unsaturated/α-hetero) is 1. The molecule has 0 saturated carbocycles. The predicted octanol–water partition coefficient (Wildman–Crippen LogP) is 1.69. The van der Waals surface area contributed by atoms with E-state index in [-0.39, 0.29) is 6.42 Å². The molecular weight excluding hydrogens is 196 g/mol. The van der Waals surface area contributed by atoms with Crippen LogP contribution in [0.25, 0.3) is 0 Å². The van der Waals surface area contributed by atoms with Crippen LogP contribution in [0.5, 0.6) is 0 Å². The summed E-state index contributed by atoms with van der Waals surface area (Å²) in [6.07, 6.45) is 1.25. The van der Waals surface area contributed by atoms with Gasteiger partial charge in [0.15, 0.2) is 0 Å². The van der Waals surface area contributed by atoms with Gasteiger partial charge in [0, 0.05) is 12.8 Å². The molecule has 0 fully saturated rings. The van der Waals surface area contributed by atoms with E-state index in [1.807, 2.05) is 0 Å². The molecule has 0 aliphatic rings. The van der Waals surface area contributed by atoms with Gasteiger partial charge < -0.3 is 5.11 Å². The summed E-state index contributed by atoms with van der Waals surface area (Å²) in [6.45, 7) is 6.42. The second-order valence-corrected chi connectivity index (χ2v) is 8.88. The van der Waals surface area contributed by atoms with Gasteiger partial charge in [0.1, 0.15) is 8.07 Å². The van der Waals surface area contributed by atoms with Gasteiger partial charge in [-0.05, 0) is 6.42 Å². The quantitative estimate of drug-likeness (QED) is 0.334. The number of carbonyl (C=O) groups excluding carboxylic acids is 1. The minimum Gasteiger partial charge on any atom is -0.476 e. The van der Waals surface area contributed by atoms with Gasteiger partial charge in [-0.25, -0.2) is 4.79 Å². The first kappa shape index (κ1) is 12.9. The minimum absolute atomic E-state index is 0.0930. The SMILES string of the molecule is C[Si](C)(C)C#CCCCC(=O)C(=O)O. The molecule has 0 unspecified atom stereocenters. The molecule has 0 rings (SSSR count). The summed E-state index contributed by atoms with van der Waals surface area (Å²) in [6, 6.07) is 0. The molecule has 0 atom stereocenters. The van der Waals surface area contributed by atoms with Crippen molar-refractivity contribution >= 4 is 19.8 Å². The highest BCUT2D eigenvalue weighted by Gasteiger charge is 2.10. The molecular formula is C10H16O3Si. The average molecular weight is 212 g/mol. The van der Waals surface area contributed by atoms with E-state index in [2.05, 4.69) is 31.1 Å². The number of ketones is 1. The van der Waals surface area contributed by atoms with Crippen LogP contribution in [0.4, 0.5) is 0 Å². The normalized spacial score (nSPS) is 10.2. The fourth-order valence-corrected chi connectivity index (χ4v) is 1.43. The molecule has 0 aromatic heterocycles. The van der Waals surface area contributed by atoms with Gasteiger partial charge in [-0.3, -0.25) is 4.79 Å². The smallest absolute Gasteiger partial charge is 0.372 e. The van der Waals surface area contributed by atoms with Crippen LogP contribution in [-0.4, -0.2) is 24.9 Å². The van der Waals surface area contributed by atoms with Crippen LogP contribution >= 0.6 is 0 Å². The van der Waals surface area contributed by atoms with Crippen LogP contribution in [0.2, 0.25) is 19.6 Å². The minimum atomic E-state index is -1.34. The highest BCUT2D eigenvalue weighted by molar-refractivity contribution is 6.83. The highest BCUT2D eigenvalue weighted by atomic mass is 28.3. The second kappa shape index (κ2) is 5.61. The Hall–Kier alpha value is -1.08. The Labute approximate surface area is 85.5 Å². The number of carboxylic acids is 1. The average Bonchev–Trinajstić information content (AvgIpc) is 2.01. The van der Waals surface area contributed by atoms with Gasteiger partial charge in [0.25, 0.3) is 0 Å². The van der Waals surface area contributed by atoms with Gasteiger partial charge >= 0.3 is 5.97 Å². The third kappa shape index (κ3) is 7.56. The van der Waals surface area contributed by atoms with Gasteiger partial charge in [-0.2, -0.15) is 0 Å². The van der Waals surface area contributed by atoms with E-state index in [0.717, 1.165) is 0 Å². The maximum Gasteiger partial charge on any atom is 0.372 e. The first-order chi connectivity index (χ1) is 6.33. The van der Waals surface area contributed by atoms with Crippen molar-refractivity contribution in [1.82, 2.24) is 0 Å². The van der Waals surface area contributed by atoms with Crippen molar-refractivity contribution in [3.05, 3.63) is 0 Å². The third-order valence-electron chi connectivity index (χ3n) is 1.41. The topological polar surface area (TPSA) is 54.4 Å². The van der Waals surface area contributed by atoms with Crippen molar-refractivity contribution in [2.45, 2.75) is 38.9 Å². The first-order valence-electron chi connectivity index (χ1n) is 4.59. The van der Waals surface area contributed by atoms with Crippen LogP contribution < -0.4 is 0 Å². The zero-order valence-corrected chi connectivity index (χ0v) is 9.89. The van der Waals surface area contributed by atoms with Crippen LogP contribution in [0, 0.1) is 11.5 Å². The Morgan fingerprint density at radius 1 is 1.29 bits per heavy atom. The lowest BCUT2D eigenvalue weighted by Gasteiger charge is -2.02. The number of unbranched alkanes of at least 4 members (excludes halogenated alkanes) is 1. The lowest BCUT2D eigenvalue weighted by Crippen LogP contribution is -2.16. The Kier molecular flexibility index (Phi) is 5.17. The summed E-state index contributed by atoms with van der Waals surface area (Å²) in [4.78, 5) is 20.8. The van der Waals surface area contributed by atoms with Crippen LogP contribution in [-0.2, 0) is 9.59 Å². The number of hydrogen-bond acceptors (Lipinski definition) is 2. The molecule has 3 nitrogen and oxygen atoms in total. The highest BCUT2D eigenvalue weighted by Crippen LogP contribution is 1.99. The molecule has 0 amide bonds. The summed E-state index contributed by atoms with van der Waals surface area (Å²) in [5.74, 6) is 0.919. The maximum absolute atomic E-state index is 10.7. The largest absolute Gasteiger partial charge is 0.476 e. The van der Waals surface area contributed by atoms with E-state index in [1.165, 1.54) is 0 Å². The fourth-order valence-electron chi connectivity index (χ4n) is 0.772. The Morgan fingerprint density at radius 2 is 1.86 bits per heavy atom. The lowest BCUT2D eigenvalue weighted by molar-refractivity contribution is -0.149. The van der Waals surface area contributed by atoms with Gasteiger partial charge in [0.2, 0.25) is 5.78 Å². The fraction of sp³-hybridized carbons (Fsp3) is 0.600. The van der Waals surface area contributed by atoms with Gasteiger partial charge in [-0.1, -0.05) is 19.6 Å². The summed E-state index contributed by atoms with van der Waals surface area (Å²) >= 11 is 0. The van der Waals surface area contributed by atoms with Gasteiger partial charge in [-0.15, -0.1) is 11.5 Å². The summed E-state index contributed by atoms with van der Waals surface area (Å²) < 4.78 is 0. The molecule has 0 heterocycles. The van der Waals surface area contributed by atoms with E-state index in [1.54, 1.807) is 0 Å². The van der Waals surface area contributed by atoms with Crippen LogP contribution in [0.3, 0.4) is 0 Å². The zero-order chi connectivity index (χ0) is 11.2. The second-order valence-electron chi connectivity index (χ2n) is 4.13. The van der Waals surface area contributed by atoms with Crippen molar-refractivity contribution in [2.24, 2.45) is 0 Å². The van der Waals surface area contributed by atoms with Crippen molar-refractivity contribution in [3.63, 3.8) is 0 Å². The first-order valence-corrected chi connectivity index (χ1v) is 8.09. The van der Waals surface area contributed by atoms with E-state index in [4.69, 9.17) is 5.11 Å². The number of carbonyl (C=O) groups is 2. The van der Waals surface area contributed by atoms with Gasteiger partial charge in [0.05, 0.1) is 0 Å². The molecule has 78 valence electrons. The number of carboxylic acid groups (broad SMARTS) is 1. The van der Waals surface area contributed by atoms with Crippen molar-refractivity contribution in [3.8, 4) is 11.5 Å². The Morgan fingerprint density at radius 3 is 2.29 bits per heavy atom. The number of rotatable bonds is 4. The molecule has 0 radical (unpaired) electrons. The molecule has 0 aliphatic heterocycles. The lowest BCUT2D eigenvalue weighted by atomic mass is 10.2. The molecule has 0 saturated heterocycles. The molecule has 0 spiro atoms. The molecule has 4 heteroatoms. The summed E-state index contributed by atoms with van der Waals surface area (Å²) in [5.41, 5.74) is 3.15. The zero-order valence-electron chi connectivity index (χ0n) is 8.89. The molecule has 0 bridgehead atoms.